The van der Waals surface area contributed by atoms with Gasteiger partial charge in [-0.1, -0.05) is 12.1 Å². The first-order valence-corrected chi connectivity index (χ1v) is 9.54. The average Bonchev–Trinajstić information content (AvgIpc) is 3.20. The number of halogens is 1. The number of carbonyl (C=O) groups excluding carboxylic acids is 2. The summed E-state index contributed by atoms with van der Waals surface area (Å²) in [6.45, 7) is 1.27. The van der Waals surface area contributed by atoms with Gasteiger partial charge in [0.1, 0.15) is 12.4 Å². The molecule has 0 saturated carbocycles. The molecule has 2 aromatic carbocycles. The molecule has 0 aliphatic carbocycles. The minimum absolute atomic E-state index is 0.126. The highest BCUT2D eigenvalue weighted by atomic mass is 79.9. The summed E-state index contributed by atoms with van der Waals surface area (Å²) < 4.78 is 12.0. The average molecular weight is 433 g/mol. The molecule has 1 unspecified atom stereocenters. The number of para-hydroxylation sites is 1. The fourth-order valence-electron chi connectivity index (χ4n) is 2.84. The van der Waals surface area contributed by atoms with Gasteiger partial charge < -0.3 is 20.1 Å². The zero-order chi connectivity index (χ0) is 19.2. The molecule has 0 spiro atoms. The Labute approximate surface area is 166 Å². The first-order chi connectivity index (χ1) is 13.1. The van der Waals surface area contributed by atoms with E-state index < -0.39 is 0 Å². The Balaban J connectivity index is 1.68. The summed E-state index contributed by atoms with van der Waals surface area (Å²) in [5, 5.41) is 5.35. The molecule has 0 radical (unpaired) electrons. The Bertz CT molecular complexity index is 834. The van der Waals surface area contributed by atoms with E-state index in [0.717, 1.165) is 19.4 Å². The molecular formula is C20H21BrN2O4. The smallest absolute Gasteiger partial charge is 0.255 e. The first-order valence-electron chi connectivity index (χ1n) is 8.75. The van der Waals surface area contributed by atoms with Gasteiger partial charge in [-0.15, -0.1) is 0 Å². The van der Waals surface area contributed by atoms with E-state index in [9.17, 15) is 9.59 Å². The van der Waals surface area contributed by atoms with E-state index in [2.05, 4.69) is 26.6 Å². The zero-order valence-corrected chi connectivity index (χ0v) is 16.5. The molecule has 1 atom stereocenters. The van der Waals surface area contributed by atoms with Crippen LogP contribution in [0.15, 0.2) is 46.9 Å². The molecule has 1 saturated heterocycles. The second-order valence-corrected chi connectivity index (χ2v) is 7.02. The number of rotatable bonds is 6. The molecule has 2 aromatic rings. The minimum Gasteiger partial charge on any atom is -0.490 e. The lowest BCUT2D eigenvalue weighted by molar-refractivity contribution is 0.0677. The molecule has 1 aliphatic rings. The van der Waals surface area contributed by atoms with E-state index in [1.165, 1.54) is 0 Å². The van der Waals surface area contributed by atoms with E-state index in [1.807, 2.05) is 0 Å². The Morgan fingerprint density at radius 3 is 2.74 bits per heavy atom. The highest BCUT2D eigenvalue weighted by Gasteiger charge is 2.18. The fourth-order valence-corrected chi connectivity index (χ4v) is 3.33. The number of anilines is 1. The van der Waals surface area contributed by atoms with Crippen molar-refractivity contribution in [2.75, 3.05) is 25.6 Å². The molecule has 0 bridgehead atoms. The number of nitrogens with one attached hydrogen (secondary N) is 2. The monoisotopic (exact) mass is 432 g/mol. The highest BCUT2D eigenvalue weighted by Crippen LogP contribution is 2.27. The third-order valence-electron chi connectivity index (χ3n) is 4.29. The summed E-state index contributed by atoms with van der Waals surface area (Å²) in [6, 6.07) is 12.0. The Morgan fingerprint density at radius 1 is 1.22 bits per heavy atom. The SMILES string of the molecule is CNC(=O)c1ccccc1NC(=O)c1ccc(OCC2CCCO2)c(Br)c1. The number of carbonyl (C=O) groups is 2. The summed E-state index contributed by atoms with van der Waals surface area (Å²) in [5.74, 6) is 0.0931. The van der Waals surface area contributed by atoms with Gasteiger partial charge in [-0.25, -0.2) is 0 Å². The van der Waals surface area contributed by atoms with Gasteiger partial charge in [-0.05, 0) is 59.1 Å². The van der Waals surface area contributed by atoms with Gasteiger partial charge in [0.15, 0.2) is 0 Å². The number of hydrogen-bond donors (Lipinski definition) is 2. The van der Waals surface area contributed by atoms with E-state index >= 15 is 0 Å². The predicted octanol–water partition coefficient (Wildman–Crippen LogP) is 3.62. The van der Waals surface area contributed by atoms with Crippen molar-refractivity contribution in [3.05, 3.63) is 58.1 Å². The molecular weight excluding hydrogens is 412 g/mol. The molecule has 3 rings (SSSR count). The van der Waals surface area contributed by atoms with Gasteiger partial charge in [0.25, 0.3) is 11.8 Å². The van der Waals surface area contributed by atoms with Crippen LogP contribution in [0, 0.1) is 0 Å². The maximum atomic E-state index is 12.6. The van der Waals surface area contributed by atoms with Crippen LogP contribution < -0.4 is 15.4 Å². The van der Waals surface area contributed by atoms with Crippen LogP contribution in [0.5, 0.6) is 5.75 Å². The van der Waals surface area contributed by atoms with Crippen molar-refractivity contribution in [1.29, 1.82) is 0 Å². The summed E-state index contributed by atoms with van der Waals surface area (Å²) in [7, 11) is 1.55. The molecule has 0 aromatic heterocycles. The summed E-state index contributed by atoms with van der Waals surface area (Å²) in [6.07, 6.45) is 2.19. The van der Waals surface area contributed by atoms with Crippen LogP contribution in [-0.4, -0.2) is 38.2 Å². The Kier molecular flexibility index (Phi) is 6.47. The van der Waals surface area contributed by atoms with E-state index in [0.29, 0.717) is 33.6 Å². The maximum absolute atomic E-state index is 12.6. The van der Waals surface area contributed by atoms with Crippen LogP contribution in [0.3, 0.4) is 0 Å². The van der Waals surface area contributed by atoms with Gasteiger partial charge in [0.05, 0.1) is 21.8 Å². The molecule has 1 heterocycles. The molecule has 2 N–H and O–H groups in total. The second kappa shape index (κ2) is 9.01. The zero-order valence-electron chi connectivity index (χ0n) is 15.0. The largest absolute Gasteiger partial charge is 0.490 e. The quantitative estimate of drug-likeness (QED) is 0.730. The van der Waals surface area contributed by atoms with Crippen LogP contribution >= 0.6 is 15.9 Å². The lowest BCUT2D eigenvalue weighted by Gasteiger charge is -2.14. The topological polar surface area (TPSA) is 76.7 Å². The van der Waals surface area contributed by atoms with Crippen molar-refractivity contribution >= 4 is 33.4 Å². The van der Waals surface area contributed by atoms with Crippen LogP contribution in [0.4, 0.5) is 5.69 Å². The van der Waals surface area contributed by atoms with Crippen molar-refractivity contribution < 1.29 is 19.1 Å². The van der Waals surface area contributed by atoms with Gasteiger partial charge in [-0.2, -0.15) is 0 Å². The Hall–Kier alpha value is -2.38. The van der Waals surface area contributed by atoms with E-state index in [1.54, 1.807) is 49.5 Å². The molecule has 1 aliphatic heterocycles. The van der Waals surface area contributed by atoms with E-state index in [4.69, 9.17) is 9.47 Å². The van der Waals surface area contributed by atoms with Crippen LogP contribution in [0.1, 0.15) is 33.6 Å². The molecule has 6 nitrogen and oxygen atoms in total. The van der Waals surface area contributed by atoms with Gasteiger partial charge in [0.2, 0.25) is 0 Å². The third kappa shape index (κ3) is 4.87. The van der Waals surface area contributed by atoms with Crippen LogP contribution in [0.25, 0.3) is 0 Å². The lowest BCUT2D eigenvalue weighted by atomic mass is 10.1. The van der Waals surface area contributed by atoms with Gasteiger partial charge in [0, 0.05) is 19.2 Å². The molecule has 1 fully saturated rings. The van der Waals surface area contributed by atoms with Gasteiger partial charge in [-0.3, -0.25) is 9.59 Å². The third-order valence-corrected chi connectivity index (χ3v) is 4.91. The molecule has 7 heteroatoms. The number of hydrogen-bond acceptors (Lipinski definition) is 4. The van der Waals surface area contributed by atoms with Crippen molar-refractivity contribution in [3.8, 4) is 5.75 Å². The highest BCUT2D eigenvalue weighted by molar-refractivity contribution is 9.10. The summed E-state index contributed by atoms with van der Waals surface area (Å²) >= 11 is 3.45. The molecule has 142 valence electrons. The summed E-state index contributed by atoms with van der Waals surface area (Å²) in [4.78, 5) is 24.5. The number of ether oxygens (including phenoxy) is 2. The van der Waals surface area contributed by atoms with Crippen molar-refractivity contribution in [2.45, 2.75) is 18.9 Å². The van der Waals surface area contributed by atoms with E-state index in [-0.39, 0.29) is 17.9 Å². The standard InChI is InChI=1S/C20H21BrN2O4/c1-22-20(25)15-6-2-3-7-17(15)23-19(24)13-8-9-18(16(21)11-13)27-12-14-5-4-10-26-14/h2-3,6-9,11,14H,4-5,10,12H2,1H3,(H,22,25)(H,23,24). The molecule has 2 amide bonds. The fraction of sp³-hybridized carbons (Fsp3) is 0.300. The first kappa shape index (κ1) is 19.4. The van der Waals surface area contributed by atoms with Crippen molar-refractivity contribution in [1.82, 2.24) is 5.32 Å². The number of benzene rings is 2. The predicted molar refractivity (Wildman–Crippen MR) is 106 cm³/mol. The van der Waals surface area contributed by atoms with Gasteiger partial charge >= 0.3 is 0 Å². The number of amides is 2. The van der Waals surface area contributed by atoms with Crippen molar-refractivity contribution in [2.24, 2.45) is 0 Å². The lowest BCUT2D eigenvalue weighted by Crippen LogP contribution is -2.21. The second-order valence-electron chi connectivity index (χ2n) is 6.17. The normalized spacial score (nSPS) is 16.0. The maximum Gasteiger partial charge on any atom is 0.255 e. The van der Waals surface area contributed by atoms with Crippen molar-refractivity contribution in [3.63, 3.8) is 0 Å². The van der Waals surface area contributed by atoms with Crippen LogP contribution in [0.2, 0.25) is 0 Å². The Morgan fingerprint density at radius 2 is 2.04 bits per heavy atom. The summed E-state index contributed by atoms with van der Waals surface area (Å²) in [5.41, 5.74) is 1.32. The molecule has 27 heavy (non-hydrogen) atoms. The minimum atomic E-state index is -0.308. The van der Waals surface area contributed by atoms with Crippen LogP contribution in [-0.2, 0) is 4.74 Å².